The van der Waals surface area contributed by atoms with Crippen molar-refractivity contribution in [2.45, 2.75) is 57.9 Å². The molecule has 38 heavy (non-hydrogen) atoms. The number of benzene rings is 2. The lowest BCUT2D eigenvalue weighted by atomic mass is 9.90. The first-order valence-corrected chi connectivity index (χ1v) is 14.0. The fourth-order valence-electron chi connectivity index (χ4n) is 5.44. The molecular formula is C30H32BrN7. The fourth-order valence-corrected chi connectivity index (χ4v) is 5.98. The lowest BCUT2D eigenvalue weighted by Crippen LogP contribution is -2.31. The standard InChI is InChI=1S/C30H32BrN7/c1-20(29-24(31)17-34-37-29)33-16-21-11-13-22(14-12-21)18-38(19-28-35-25-8-2-3-9-26(25)36-28)27-10-4-6-23-7-5-15-32-30(23)27/h2-3,5,7-9,11-15,17,20,27,33H,4,6,10,16,18-19H2,1H3,(H,34,37)(H,35,36). The van der Waals surface area contributed by atoms with E-state index in [0.717, 1.165) is 59.5 Å². The van der Waals surface area contributed by atoms with E-state index in [0.29, 0.717) is 0 Å². The molecule has 2 atom stereocenters. The summed E-state index contributed by atoms with van der Waals surface area (Å²) < 4.78 is 0.996. The summed E-state index contributed by atoms with van der Waals surface area (Å²) in [6, 6.07) is 21.9. The van der Waals surface area contributed by atoms with Gasteiger partial charge in [-0.3, -0.25) is 15.0 Å². The molecule has 0 saturated carbocycles. The molecule has 0 fully saturated rings. The molecular weight excluding hydrogens is 538 g/mol. The Morgan fingerprint density at radius 2 is 1.89 bits per heavy atom. The van der Waals surface area contributed by atoms with Crippen LogP contribution in [0.5, 0.6) is 0 Å². The van der Waals surface area contributed by atoms with Crippen LogP contribution in [0.25, 0.3) is 11.0 Å². The number of pyridine rings is 1. The van der Waals surface area contributed by atoms with Crippen molar-refractivity contribution >= 4 is 27.0 Å². The predicted octanol–water partition coefficient (Wildman–Crippen LogP) is 6.37. The molecule has 0 amide bonds. The van der Waals surface area contributed by atoms with Crippen molar-refractivity contribution < 1.29 is 0 Å². The smallest absolute Gasteiger partial charge is 0.121 e. The van der Waals surface area contributed by atoms with Gasteiger partial charge in [-0.1, -0.05) is 42.5 Å². The number of imidazole rings is 1. The molecule has 0 spiro atoms. The maximum atomic E-state index is 4.89. The van der Waals surface area contributed by atoms with Gasteiger partial charge in [0.15, 0.2) is 0 Å². The molecule has 0 radical (unpaired) electrons. The van der Waals surface area contributed by atoms with Gasteiger partial charge in [0.25, 0.3) is 0 Å². The zero-order valence-electron chi connectivity index (χ0n) is 21.5. The lowest BCUT2D eigenvalue weighted by molar-refractivity contribution is 0.153. The number of H-pyrrole nitrogens is 2. The largest absolute Gasteiger partial charge is 0.341 e. The Morgan fingerprint density at radius 3 is 2.71 bits per heavy atom. The summed E-state index contributed by atoms with van der Waals surface area (Å²) in [5.74, 6) is 0.994. The number of rotatable bonds is 9. The molecule has 7 nitrogen and oxygen atoms in total. The van der Waals surface area contributed by atoms with Gasteiger partial charge in [0, 0.05) is 25.3 Å². The van der Waals surface area contributed by atoms with Gasteiger partial charge in [0.05, 0.1) is 45.7 Å². The van der Waals surface area contributed by atoms with Crippen LogP contribution in [0.2, 0.25) is 0 Å². The number of fused-ring (bicyclic) bond motifs is 2. The van der Waals surface area contributed by atoms with Gasteiger partial charge in [0.2, 0.25) is 0 Å². The Labute approximate surface area is 231 Å². The van der Waals surface area contributed by atoms with Gasteiger partial charge >= 0.3 is 0 Å². The van der Waals surface area contributed by atoms with E-state index in [9.17, 15) is 0 Å². The maximum absolute atomic E-state index is 4.89. The second kappa shape index (κ2) is 11.2. The van der Waals surface area contributed by atoms with E-state index in [1.165, 1.54) is 28.8 Å². The molecule has 1 aliphatic rings. The van der Waals surface area contributed by atoms with Crippen LogP contribution in [0.4, 0.5) is 0 Å². The number of aryl methyl sites for hydroxylation is 1. The van der Waals surface area contributed by atoms with Crippen LogP contribution in [0, 0.1) is 0 Å². The maximum Gasteiger partial charge on any atom is 0.121 e. The topological polar surface area (TPSA) is 85.5 Å². The highest BCUT2D eigenvalue weighted by atomic mass is 79.9. The minimum Gasteiger partial charge on any atom is -0.341 e. The number of nitrogens with zero attached hydrogens (tertiary/aromatic N) is 4. The number of aromatic nitrogens is 5. The molecule has 0 aliphatic heterocycles. The third-order valence-corrected chi connectivity index (χ3v) is 8.10. The Kier molecular flexibility index (Phi) is 7.35. The third kappa shape index (κ3) is 5.43. The van der Waals surface area contributed by atoms with E-state index in [2.05, 4.69) is 96.8 Å². The van der Waals surface area contributed by atoms with Gasteiger partial charge in [-0.2, -0.15) is 5.10 Å². The Hall–Kier alpha value is -3.33. The molecule has 6 rings (SSSR count). The molecule has 3 aromatic heterocycles. The van der Waals surface area contributed by atoms with Gasteiger partial charge in [-0.05, 0) is 77.0 Å². The van der Waals surface area contributed by atoms with Crippen molar-refractivity contribution in [3.8, 4) is 0 Å². The van der Waals surface area contributed by atoms with Crippen LogP contribution in [0.3, 0.4) is 0 Å². The van der Waals surface area contributed by atoms with E-state index in [4.69, 9.17) is 9.97 Å². The molecule has 3 heterocycles. The van der Waals surface area contributed by atoms with Gasteiger partial charge < -0.3 is 10.3 Å². The predicted molar refractivity (Wildman–Crippen MR) is 153 cm³/mol. The van der Waals surface area contributed by atoms with Gasteiger partial charge in [-0.15, -0.1) is 0 Å². The molecule has 8 heteroatoms. The van der Waals surface area contributed by atoms with E-state index in [-0.39, 0.29) is 12.1 Å². The fraction of sp³-hybridized carbons (Fsp3) is 0.300. The minimum absolute atomic E-state index is 0.171. The molecule has 2 unspecified atom stereocenters. The molecule has 0 bridgehead atoms. The van der Waals surface area contributed by atoms with Crippen LogP contribution in [-0.2, 0) is 26.1 Å². The van der Waals surface area contributed by atoms with E-state index >= 15 is 0 Å². The zero-order valence-corrected chi connectivity index (χ0v) is 23.1. The van der Waals surface area contributed by atoms with Crippen LogP contribution in [0.1, 0.15) is 65.8 Å². The Bertz CT molecular complexity index is 1470. The molecule has 1 aliphatic carbocycles. The number of aromatic amines is 2. The van der Waals surface area contributed by atoms with Crippen molar-refractivity contribution in [3.63, 3.8) is 0 Å². The lowest BCUT2D eigenvalue weighted by Gasteiger charge is -2.34. The normalized spacial score (nSPS) is 16.1. The summed E-state index contributed by atoms with van der Waals surface area (Å²) in [4.78, 5) is 15.8. The second-order valence-corrected chi connectivity index (χ2v) is 11.0. The summed E-state index contributed by atoms with van der Waals surface area (Å²) >= 11 is 3.55. The second-order valence-electron chi connectivity index (χ2n) is 10.1. The van der Waals surface area contributed by atoms with Crippen LogP contribution in [-0.4, -0.2) is 30.0 Å². The molecule has 5 aromatic rings. The monoisotopic (exact) mass is 569 g/mol. The first-order valence-electron chi connectivity index (χ1n) is 13.3. The van der Waals surface area contributed by atoms with E-state index in [1.807, 2.05) is 18.3 Å². The quantitative estimate of drug-likeness (QED) is 0.192. The van der Waals surface area contributed by atoms with Crippen molar-refractivity contribution in [2.24, 2.45) is 0 Å². The van der Waals surface area contributed by atoms with Crippen molar-refractivity contribution in [3.05, 3.63) is 111 Å². The summed E-state index contributed by atoms with van der Waals surface area (Å²) in [7, 11) is 0. The molecule has 194 valence electrons. The number of halogens is 1. The Balaban J connectivity index is 1.20. The van der Waals surface area contributed by atoms with E-state index in [1.54, 1.807) is 6.20 Å². The number of nitrogens with one attached hydrogen (secondary N) is 3. The highest BCUT2D eigenvalue weighted by Gasteiger charge is 2.28. The average molecular weight is 571 g/mol. The minimum atomic E-state index is 0.171. The van der Waals surface area contributed by atoms with Gasteiger partial charge in [-0.25, -0.2) is 4.98 Å². The van der Waals surface area contributed by atoms with E-state index < -0.39 is 0 Å². The van der Waals surface area contributed by atoms with Crippen LogP contribution in [0.15, 0.2) is 77.5 Å². The SMILES string of the molecule is CC(NCc1ccc(CN(Cc2nc3ccccc3[nH]2)C2CCCc3cccnc32)cc1)c1[nH]ncc1Br. The molecule has 3 N–H and O–H groups in total. The zero-order chi connectivity index (χ0) is 25.9. The highest BCUT2D eigenvalue weighted by Crippen LogP contribution is 2.34. The highest BCUT2D eigenvalue weighted by molar-refractivity contribution is 9.10. The van der Waals surface area contributed by atoms with Crippen LogP contribution >= 0.6 is 15.9 Å². The first-order chi connectivity index (χ1) is 18.6. The first kappa shape index (κ1) is 25.0. The van der Waals surface area contributed by atoms with Crippen LogP contribution < -0.4 is 5.32 Å². The number of para-hydroxylation sites is 2. The number of hydrogen-bond donors (Lipinski definition) is 3. The summed E-state index contributed by atoms with van der Waals surface area (Å²) in [5.41, 5.74) is 8.29. The van der Waals surface area contributed by atoms with Crippen molar-refractivity contribution in [2.75, 3.05) is 0 Å². The van der Waals surface area contributed by atoms with Gasteiger partial charge in [0.1, 0.15) is 5.82 Å². The summed E-state index contributed by atoms with van der Waals surface area (Å²) in [5, 5.41) is 10.7. The Morgan fingerprint density at radius 1 is 1.05 bits per heavy atom. The summed E-state index contributed by atoms with van der Waals surface area (Å²) in [6.07, 6.45) is 7.11. The number of hydrogen-bond acceptors (Lipinski definition) is 5. The average Bonchev–Trinajstić information content (AvgIpc) is 3.57. The summed E-state index contributed by atoms with van der Waals surface area (Å²) in [6.45, 7) is 4.51. The third-order valence-electron chi connectivity index (χ3n) is 7.47. The van der Waals surface area contributed by atoms with Crippen molar-refractivity contribution in [1.29, 1.82) is 0 Å². The molecule has 2 aromatic carbocycles. The van der Waals surface area contributed by atoms with Crippen molar-refractivity contribution in [1.82, 2.24) is 35.4 Å². The molecule has 0 saturated heterocycles.